The molecule has 20 heavy (non-hydrogen) atoms. The lowest BCUT2D eigenvalue weighted by molar-refractivity contribution is 0.481. The summed E-state index contributed by atoms with van der Waals surface area (Å²) in [6.45, 7) is 9.21. The fourth-order valence-corrected chi connectivity index (χ4v) is 2.70. The molecule has 0 bridgehead atoms. The molecule has 2 rings (SSSR count). The minimum atomic E-state index is 0.201. The van der Waals surface area contributed by atoms with E-state index in [4.69, 9.17) is 4.42 Å². The molecule has 0 saturated carbocycles. The summed E-state index contributed by atoms with van der Waals surface area (Å²) in [7, 11) is 1.98. The molecule has 0 aliphatic rings. The average Bonchev–Trinajstić information content (AvgIpc) is 2.94. The van der Waals surface area contributed by atoms with Gasteiger partial charge in [-0.25, -0.2) is 4.98 Å². The van der Waals surface area contributed by atoms with E-state index in [1.807, 2.05) is 25.6 Å². The lowest BCUT2D eigenvalue weighted by Crippen LogP contribution is -2.22. The first kappa shape index (κ1) is 14.8. The number of rotatable bonds is 6. The van der Waals surface area contributed by atoms with Gasteiger partial charge in [0.1, 0.15) is 23.7 Å². The molecule has 0 spiro atoms. The molecule has 2 heterocycles. The van der Waals surface area contributed by atoms with Crippen LogP contribution in [0.2, 0.25) is 0 Å². The third-order valence-electron chi connectivity index (χ3n) is 3.83. The van der Waals surface area contributed by atoms with E-state index in [1.54, 1.807) is 6.33 Å². The number of nitrogens with zero attached hydrogens (tertiary/aromatic N) is 3. The van der Waals surface area contributed by atoms with E-state index in [9.17, 15) is 0 Å². The van der Waals surface area contributed by atoms with Gasteiger partial charge in [-0.3, -0.25) is 4.68 Å². The number of furan rings is 1. The van der Waals surface area contributed by atoms with Crippen LogP contribution in [0.15, 0.2) is 10.7 Å². The van der Waals surface area contributed by atoms with Crippen LogP contribution in [0.25, 0.3) is 0 Å². The summed E-state index contributed by atoms with van der Waals surface area (Å²) >= 11 is 0. The van der Waals surface area contributed by atoms with Crippen molar-refractivity contribution in [2.24, 2.45) is 0 Å². The SMILES string of the molecule is CCCn1ncnc1CC(NC)c1c(C)oc(C)c1C. The highest BCUT2D eigenvalue weighted by Gasteiger charge is 2.21. The molecule has 1 unspecified atom stereocenters. The standard InChI is InChI=1S/C15H24N4O/c1-6-7-19-14(17-9-18-19)8-13(16-5)15-10(2)11(3)20-12(15)4/h9,13,16H,6-8H2,1-5H3. The van der Waals surface area contributed by atoms with Crippen molar-refractivity contribution in [3.63, 3.8) is 0 Å². The van der Waals surface area contributed by atoms with Crippen molar-refractivity contribution < 1.29 is 4.42 Å². The molecule has 0 aromatic carbocycles. The molecule has 110 valence electrons. The highest BCUT2D eigenvalue weighted by atomic mass is 16.3. The maximum Gasteiger partial charge on any atom is 0.138 e. The first-order valence-corrected chi connectivity index (χ1v) is 7.18. The van der Waals surface area contributed by atoms with Crippen LogP contribution in [-0.2, 0) is 13.0 Å². The van der Waals surface area contributed by atoms with E-state index < -0.39 is 0 Å². The summed E-state index contributed by atoms with van der Waals surface area (Å²) in [6, 6.07) is 0.201. The molecule has 0 aliphatic heterocycles. The highest BCUT2D eigenvalue weighted by molar-refractivity contribution is 5.34. The quantitative estimate of drug-likeness (QED) is 0.881. The minimum absolute atomic E-state index is 0.201. The van der Waals surface area contributed by atoms with Gasteiger partial charge in [0.25, 0.3) is 0 Å². The predicted octanol–water partition coefficient (Wildman–Crippen LogP) is 2.71. The number of hydrogen-bond donors (Lipinski definition) is 1. The number of aryl methyl sites for hydroxylation is 3. The molecular formula is C15H24N4O. The van der Waals surface area contributed by atoms with Crippen LogP contribution in [0, 0.1) is 20.8 Å². The van der Waals surface area contributed by atoms with Crippen LogP contribution < -0.4 is 5.32 Å². The van der Waals surface area contributed by atoms with Gasteiger partial charge in [-0.1, -0.05) is 6.92 Å². The van der Waals surface area contributed by atoms with Crippen molar-refractivity contribution in [3.8, 4) is 0 Å². The third-order valence-corrected chi connectivity index (χ3v) is 3.83. The molecular weight excluding hydrogens is 252 g/mol. The molecule has 5 heteroatoms. The monoisotopic (exact) mass is 276 g/mol. The van der Waals surface area contributed by atoms with Crippen LogP contribution in [0.3, 0.4) is 0 Å². The van der Waals surface area contributed by atoms with Crippen molar-refractivity contribution in [1.82, 2.24) is 20.1 Å². The van der Waals surface area contributed by atoms with Crippen LogP contribution in [0.4, 0.5) is 0 Å². The van der Waals surface area contributed by atoms with E-state index in [0.29, 0.717) is 0 Å². The average molecular weight is 276 g/mol. The van der Waals surface area contributed by atoms with E-state index in [2.05, 4.69) is 29.2 Å². The lowest BCUT2D eigenvalue weighted by atomic mass is 9.99. The van der Waals surface area contributed by atoms with Gasteiger partial charge >= 0.3 is 0 Å². The van der Waals surface area contributed by atoms with Crippen molar-refractivity contribution >= 4 is 0 Å². The first-order chi connectivity index (χ1) is 9.58. The molecule has 0 amide bonds. The summed E-state index contributed by atoms with van der Waals surface area (Å²) in [5.41, 5.74) is 2.47. The fraction of sp³-hybridized carbons (Fsp3) is 0.600. The molecule has 2 aromatic rings. The largest absolute Gasteiger partial charge is 0.466 e. The number of likely N-dealkylation sites (N-methyl/N-ethyl adjacent to an activating group) is 1. The van der Waals surface area contributed by atoms with Crippen molar-refractivity contribution in [1.29, 1.82) is 0 Å². The Hall–Kier alpha value is -1.62. The first-order valence-electron chi connectivity index (χ1n) is 7.18. The van der Waals surface area contributed by atoms with E-state index >= 15 is 0 Å². The molecule has 0 saturated heterocycles. The molecule has 2 aromatic heterocycles. The van der Waals surface area contributed by atoms with Gasteiger partial charge in [0.2, 0.25) is 0 Å². The molecule has 1 N–H and O–H groups in total. The zero-order valence-electron chi connectivity index (χ0n) is 13.0. The maximum atomic E-state index is 5.74. The van der Waals surface area contributed by atoms with Gasteiger partial charge in [0.05, 0.1) is 0 Å². The number of nitrogens with one attached hydrogen (secondary N) is 1. The summed E-state index contributed by atoms with van der Waals surface area (Å²) in [4.78, 5) is 4.40. The Balaban J connectivity index is 2.27. The van der Waals surface area contributed by atoms with E-state index in [1.165, 1.54) is 11.1 Å². The number of hydrogen-bond acceptors (Lipinski definition) is 4. The normalized spacial score (nSPS) is 12.8. The Bertz CT molecular complexity index is 570. The molecule has 0 aliphatic carbocycles. The van der Waals surface area contributed by atoms with Crippen molar-refractivity contribution in [2.45, 2.75) is 53.1 Å². The van der Waals surface area contributed by atoms with Crippen LogP contribution in [-0.4, -0.2) is 21.8 Å². The second-order valence-corrected chi connectivity index (χ2v) is 5.20. The van der Waals surface area contributed by atoms with Gasteiger partial charge in [-0.2, -0.15) is 5.10 Å². The van der Waals surface area contributed by atoms with Crippen molar-refractivity contribution in [3.05, 3.63) is 34.8 Å². The fourth-order valence-electron chi connectivity index (χ4n) is 2.70. The summed E-state index contributed by atoms with van der Waals surface area (Å²) < 4.78 is 7.73. The summed E-state index contributed by atoms with van der Waals surface area (Å²) in [5.74, 6) is 3.00. The zero-order chi connectivity index (χ0) is 14.7. The molecule has 0 radical (unpaired) electrons. The highest BCUT2D eigenvalue weighted by Crippen LogP contribution is 2.28. The van der Waals surface area contributed by atoms with E-state index in [-0.39, 0.29) is 6.04 Å². The Morgan fingerprint density at radius 3 is 2.60 bits per heavy atom. The smallest absolute Gasteiger partial charge is 0.138 e. The van der Waals surface area contributed by atoms with E-state index in [0.717, 1.165) is 36.7 Å². The topological polar surface area (TPSA) is 55.9 Å². The zero-order valence-corrected chi connectivity index (χ0v) is 13.0. The summed E-state index contributed by atoms with van der Waals surface area (Å²) in [5, 5.41) is 7.67. The Morgan fingerprint density at radius 1 is 1.30 bits per heavy atom. The Labute approximate surface area is 120 Å². The Kier molecular flexibility index (Phi) is 4.60. The second-order valence-electron chi connectivity index (χ2n) is 5.20. The van der Waals surface area contributed by atoms with Gasteiger partial charge in [-0.05, 0) is 39.8 Å². The van der Waals surface area contributed by atoms with Gasteiger partial charge < -0.3 is 9.73 Å². The maximum absolute atomic E-state index is 5.74. The van der Waals surface area contributed by atoms with Crippen LogP contribution >= 0.6 is 0 Å². The minimum Gasteiger partial charge on any atom is -0.466 e. The summed E-state index contributed by atoms with van der Waals surface area (Å²) in [6.07, 6.45) is 3.51. The third kappa shape index (κ3) is 2.77. The van der Waals surface area contributed by atoms with Crippen molar-refractivity contribution in [2.75, 3.05) is 7.05 Å². The van der Waals surface area contributed by atoms with Gasteiger partial charge in [-0.15, -0.1) is 0 Å². The van der Waals surface area contributed by atoms with Gasteiger partial charge in [0, 0.05) is 24.6 Å². The predicted molar refractivity (Wildman–Crippen MR) is 78.7 cm³/mol. The Morgan fingerprint density at radius 2 is 2.05 bits per heavy atom. The molecule has 5 nitrogen and oxygen atoms in total. The molecule has 1 atom stereocenters. The lowest BCUT2D eigenvalue weighted by Gasteiger charge is -2.17. The van der Waals surface area contributed by atoms with Crippen LogP contribution in [0.5, 0.6) is 0 Å². The number of aromatic nitrogens is 3. The van der Waals surface area contributed by atoms with Gasteiger partial charge in [0.15, 0.2) is 0 Å². The second kappa shape index (κ2) is 6.22. The van der Waals surface area contributed by atoms with Crippen LogP contribution in [0.1, 0.15) is 47.9 Å². The molecule has 0 fully saturated rings.